The van der Waals surface area contributed by atoms with Gasteiger partial charge in [0.2, 0.25) is 11.8 Å². The van der Waals surface area contributed by atoms with Gasteiger partial charge in [0.25, 0.3) is 0 Å². The summed E-state index contributed by atoms with van der Waals surface area (Å²) in [5, 5.41) is 3.38. The fourth-order valence-corrected chi connectivity index (χ4v) is 3.29. The van der Waals surface area contributed by atoms with Gasteiger partial charge in [0.05, 0.1) is 12.5 Å². The molecule has 0 aromatic carbocycles. The van der Waals surface area contributed by atoms with Crippen LogP contribution in [0.25, 0.3) is 0 Å². The third-order valence-electron chi connectivity index (χ3n) is 4.70. The first-order valence-corrected chi connectivity index (χ1v) is 7.43. The first kappa shape index (κ1) is 13.1. The monoisotopic (exact) mass is 265 g/mol. The molecule has 0 aromatic heterocycles. The van der Waals surface area contributed by atoms with Gasteiger partial charge in [0.1, 0.15) is 0 Å². The van der Waals surface area contributed by atoms with Crippen LogP contribution in [0.4, 0.5) is 0 Å². The molecule has 3 fully saturated rings. The summed E-state index contributed by atoms with van der Waals surface area (Å²) in [6, 6.07) is 0.364. The number of imide groups is 1. The predicted molar refractivity (Wildman–Crippen MR) is 71.5 cm³/mol. The van der Waals surface area contributed by atoms with Gasteiger partial charge in [0.15, 0.2) is 0 Å². The SMILES string of the molecule is CN1C(=O)CC(N(CC2CCNCC2)C2CC2)C1=O. The van der Waals surface area contributed by atoms with Gasteiger partial charge in [-0.2, -0.15) is 0 Å². The van der Waals surface area contributed by atoms with Crippen molar-refractivity contribution in [1.29, 1.82) is 0 Å². The van der Waals surface area contributed by atoms with Crippen LogP contribution < -0.4 is 5.32 Å². The van der Waals surface area contributed by atoms with Crippen LogP contribution in [0.1, 0.15) is 32.1 Å². The second kappa shape index (κ2) is 5.21. The Balaban J connectivity index is 1.67. The van der Waals surface area contributed by atoms with E-state index in [4.69, 9.17) is 0 Å². The highest BCUT2D eigenvalue weighted by Crippen LogP contribution is 2.33. The highest BCUT2D eigenvalue weighted by atomic mass is 16.2. The van der Waals surface area contributed by atoms with Gasteiger partial charge in [-0.1, -0.05) is 0 Å². The number of hydrogen-bond acceptors (Lipinski definition) is 4. The van der Waals surface area contributed by atoms with Crippen molar-refractivity contribution in [3.05, 3.63) is 0 Å². The zero-order valence-corrected chi connectivity index (χ0v) is 11.6. The summed E-state index contributed by atoms with van der Waals surface area (Å²) in [5.41, 5.74) is 0. The van der Waals surface area contributed by atoms with Crippen molar-refractivity contribution in [3.8, 4) is 0 Å². The van der Waals surface area contributed by atoms with Gasteiger partial charge in [-0.25, -0.2) is 0 Å². The lowest BCUT2D eigenvalue weighted by atomic mass is 9.96. The summed E-state index contributed by atoms with van der Waals surface area (Å²) < 4.78 is 0. The lowest BCUT2D eigenvalue weighted by Crippen LogP contribution is -2.46. The van der Waals surface area contributed by atoms with Crippen LogP contribution in [0.2, 0.25) is 0 Å². The predicted octanol–water partition coefficient (Wildman–Crippen LogP) is 0.208. The molecule has 2 amide bonds. The molecule has 5 nitrogen and oxygen atoms in total. The van der Waals surface area contributed by atoms with Gasteiger partial charge in [-0.05, 0) is 44.7 Å². The summed E-state index contributed by atoms with van der Waals surface area (Å²) in [7, 11) is 1.61. The summed E-state index contributed by atoms with van der Waals surface area (Å²) >= 11 is 0. The molecule has 3 rings (SSSR count). The molecular weight excluding hydrogens is 242 g/mol. The second-order valence-corrected chi connectivity index (χ2v) is 6.13. The highest BCUT2D eigenvalue weighted by molar-refractivity contribution is 6.05. The molecule has 0 bridgehead atoms. The molecule has 1 aliphatic carbocycles. The Morgan fingerprint density at radius 2 is 1.89 bits per heavy atom. The van der Waals surface area contributed by atoms with Gasteiger partial charge < -0.3 is 5.32 Å². The summed E-state index contributed by atoms with van der Waals surface area (Å²) in [5.74, 6) is 0.660. The van der Waals surface area contributed by atoms with Gasteiger partial charge in [-0.15, -0.1) is 0 Å². The minimum atomic E-state index is -0.181. The highest BCUT2D eigenvalue weighted by Gasteiger charge is 2.45. The average molecular weight is 265 g/mol. The molecule has 0 aromatic rings. The first-order chi connectivity index (χ1) is 9.16. The lowest BCUT2D eigenvalue weighted by molar-refractivity contribution is -0.138. The molecule has 0 spiro atoms. The molecule has 1 unspecified atom stereocenters. The zero-order valence-electron chi connectivity index (χ0n) is 11.6. The maximum Gasteiger partial charge on any atom is 0.246 e. The molecule has 1 N–H and O–H groups in total. The number of carbonyl (C=O) groups is 2. The van der Waals surface area contributed by atoms with E-state index in [1.165, 1.54) is 30.6 Å². The van der Waals surface area contributed by atoms with E-state index in [0.717, 1.165) is 19.6 Å². The summed E-state index contributed by atoms with van der Waals surface area (Å²) in [6.45, 7) is 3.16. The maximum absolute atomic E-state index is 12.2. The Morgan fingerprint density at radius 3 is 2.42 bits per heavy atom. The van der Waals surface area contributed by atoms with Crippen molar-refractivity contribution in [2.24, 2.45) is 5.92 Å². The van der Waals surface area contributed by atoms with Crippen LogP contribution in [0, 0.1) is 5.92 Å². The fourth-order valence-electron chi connectivity index (χ4n) is 3.29. The zero-order chi connectivity index (χ0) is 13.4. The Bertz CT molecular complexity index is 375. The van der Waals surface area contributed by atoms with Crippen molar-refractivity contribution < 1.29 is 9.59 Å². The van der Waals surface area contributed by atoms with Crippen molar-refractivity contribution >= 4 is 11.8 Å². The van der Waals surface area contributed by atoms with E-state index in [0.29, 0.717) is 18.4 Å². The largest absolute Gasteiger partial charge is 0.317 e. The van der Waals surface area contributed by atoms with Crippen LogP contribution in [0.15, 0.2) is 0 Å². The topological polar surface area (TPSA) is 52.7 Å². The number of rotatable bonds is 4. The number of nitrogens with zero attached hydrogens (tertiary/aromatic N) is 2. The number of carbonyl (C=O) groups excluding carboxylic acids is 2. The number of hydrogen-bond donors (Lipinski definition) is 1. The lowest BCUT2D eigenvalue weighted by Gasteiger charge is -2.33. The molecule has 3 aliphatic rings. The third kappa shape index (κ3) is 2.67. The third-order valence-corrected chi connectivity index (χ3v) is 4.70. The smallest absolute Gasteiger partial charge is 0.246 e. The quantitative estimate of drug-likeness (QED) is 0.738. The van der Waals surface area contributed by atoms with E-state index in [-0.39, 0.29) is 17.9 Å². The van der Waals surface area contributed by atoms with Crippen LogP contribution in [-0.2, 0) is 9.59 Å². The van der Waals surface area contributed by atoms with E-state index in [9.17, 15) is 9.59 Å². The standard InChI is InChI=1S/C14H23N3O2/c1-16-13(18)8-12(14(16)19)17(11-2-3-11)9-10-4-6-15-7-5-10/h10-12,15H,2-9H2,1H3. The van der Waals surface area contributed by atoms with Crippen molar-refractivity contribution in [2.45, 2.75) is 44.2 Å². The van der Waals surface area contributed by atoms with Crippen molar-refractivity contribution in [3.63, 3.8) is 0 Å². The number of likely N-dealkylation sites (tertiary alicyclic amines) is 1. The van der Waals surface area contributed by atoms with E-state index in [1.807, 2.05) is 0 Å². The fraction of sp³-hybridized carbons (Fsp3) is 0.857. The molecule has 0 radical (unpaired) electrons. The molecule has 2 aliphatic heterocycles. The molecule has 1 saturated carbocycles. The van der Waals surface area contributed by atoms with Gasteiger partial charge in [0, 0.05) is 19.6 Å². The number of amides is 2. The number of nitrogens with one attached hydrogen (secondary N) is 1. The van der Waals surface area contributed by atoms with Crippen LogP contribution in [0.3, 0.4) is 0 Å². The average Bonchev–Trinajstić information content (AvgIpc) is 3.22. The first-order valence-electron chi connectivity index (χ1n) is 7.43. The Labute approximate surface area is 114 Å². The molecule has 2 heterocycles. The molecule has 1 atom stereocenters. The van der Waals surface area contributed by atoms with E-state index in [1.54, 1.807) is 7.05 Å². The van der Waals surface area contributed by atoms with E-state index >= 15 is 0 Å². The van der Waals surface area contributed by atoms with Crippen LogP contribution in [0.5, 0.6) is 0 Å². The van der Waals surface area contributed by atoms with Crippen LogP contribution >= 0.6 is 0 Å². The number of likely N-dealkylation sites (N-methyl/N-ethyl adjacent to an activating group) is 1. The van der Waals surface area contributed by atoms with Crippen molar-refractivity contribution in [2.75, 3.05) is 26.7 Å². The van der Waals surface area contributed by atoms with Crippen LogP contribution in [-0.4, -0.2) is 60.4 Å². The molecule has 2 saturated heterocycles. The minimum absolute atomic E-state index is 0.00540. The van der Waals surface area contributed by atoms with Gasteiger partial charge in [-0.3, -0.25) is 19.4 Å². The minimum Gasteiger partial charge on any atom is -0.317 e. The van der Waals surface area contributed by atoms with Gasteiger partial charge >= 0.3 is 0 Å². The maximum atomic E-state index is 12.2. The van der Waals surface area contributed by atoms with E-state index < -0.39 is 0 Å². The Kier molecular flexibility index (Phi) is 3.58. The van der Waals surface area contributed by atoms with Crippen molar-refractivity contribution in [1.82, 2.24) is 15.1 Å². The Morgan fingerprint density at radius 1 is 1.21 bits per heavy atom. The summed E-state index contributed by atoms with van der Waals surface area (Å²) in [4.78, 5) is 27.5. The molecule has 106 valence electrons. The summed E-state index contributed by atoms with van der Waals surface area (Å²) in [6.07, 6.45) is 5.14. The number of piperidine rings is 1. The normalized spacial score (nSPS) is 29.6. The molecule has 5 heteroatoms. The second-order valence-electron chi connectivity index (χ2n) is 6.13. The van der Waals surface area contributed by atoms with E-state index in [2.05, 4.69) is 10.2 Å². The molecule has 19 heavy (non-hydrogen) atoms. The molecular formula is C14H23N3O2. The Hall–Kier alpha value is -0.940.